The maximum absolute atomic E-state index is 14.8. The lowest BCUT2D eigenvalue weighted by Gasteiger charge is -2.15. The van der Waals surface area contributed by atoms with E-state index in [1.807, 2.05) is 45.3 Å². The highest BCUT2D eigenvalue weighted by atomic mass is 32.2. The average Bonchev–Trinajstić information content (AvgIpc) is 3.59. The minimum Gasteiger partial charge on any atom is -0.305 e. The molecule has 0 aliphatic rings. The summed E-state index contributed by atoms with van der Waals surface area (Å²) >= 11 is 1.27. The highest BCUT2D eigenvalue weighted by Gasteiger charge is 2.30. The van der Waals surface area contributed by atoms with Crippen LogP contribution in [0.2, 0.25) is 0 Å². The first-order valence-corrected chi connectivity index (χ1v) is 16.0. The Bertz CT molecular complexity index is 2120. The van der Waals surface area contributed by atoms with Gasteiger partial charge in [-0.05, 0) is 79.5 Å². The number of hydrogen-bond donors (Lipinski definition) is 0. The van der Waals surface area contributed by atoms with E-state index in [0.29, 0.717) is 38.3 Å². The van der Waals surface area contributed by atoms with E-state index in [4.69, 9.17) is 6.57 Å². The summed E-state index contributed by atoms with van der Waals surface area (Å²) in [6.45, 7) is 10.5. The molecule has 0 atom stereocenters. The molecule has 0 aliphatic carbocycles. The molecule has 2 aromatic heterocycles. The number of hydrogen-bond acceptors (Lipinski definition) is 4. The van der Waals surface area contributed by atoms with Crippen LogP contribution in [0.1, 0.15) is 11.1 Å². The molecular formula is C35H28FN3O2S2. The topological polar surface area (TPSA) is 46.7 Å². The van der Waals surface area contributed by atoms with Gasteiger partial charge in [-0.3, -0.25) is 0 Å². The molecule has 0 amide bonds. The predicted octanol–water partition coefficient (Wildman–Crippen LogP) is 9.00. The van der Waals surface area contributed by atoms with Crippen molar-refractivity contribution in [1.82, 2.24) is 8.87 Å². The zero-order valence-corrected chi connectivity index (χ0v) is 25.5. The Kier molecular flexibility index (Phi) is 7.49. The number of benzene rings is 4. The number of rotatable bonds is 7. The summed E-state index contributed by atoms with van der Waals surface area (Å²) in [7, 11) is -0.0924. The van der Waals surface area contributed by atoms with Gasteiger partial charge in [-0.15, -0.1) is 0 Å². The summed E-state index contributed by atoms with van der Waals surface area (Å²) in [5.74, 6) is -0.489. The van der Waals surface area contributed by atoms with Crippen LogP contribution in [0.15, 0.2) is 107 Å². The molecule has 4 aromatic carbocycles. The number of halogens is 1. The molecule has 0 radical (unpaired) electrons. The van der Waals surface area contributed by atoms with Crippen LogP contribution in [-0.2, 0) is 16.6 Å². The van der Waals surface area contributed by atoms with Crippen molar-refractivity contribution in [2.45, 2.75) is 18.4 Å². The summed E-state index contributed by atoms with van der Waals surface area (Å²) in [5, 5.41) is 2.63. The van der Waals surface area contributed by atoms with Gasteiger partial charge in [0.2, 0.25) is 5.00 Å². The van der Waals surface area contributed by atoms with E-state index in [9.17, 15) is 12.8 Å². The number of aromatic nitrogens is 1. The summed E-state index contributed by atoms with van der Waals surface area (Å²) < 4.78 is 45.1. The van der Waals surface area contributed by atoms with E-state index in [2.05, 4.69) is 34.0 Å². The van der Waals surface area contributed by atoms with E-state index >= 15 is 0 Å². The molecule has 214 valence electrons. The van der Waals surface area contributed by atoms with E-state index in [1.54, 1.807) is 35.7 Å². The van der Waals surface area contributed by atoms with Crippen LogP contribution in [0.25, 0.3) is 49.3 Å². The monoisotopic (exact) mass is 605 g/mol. The van der Waals surface area contributed by atoms with Crippen molar-refractivity contribution < 1.29 is 12.8 Å². The van der Waals surface area contributed by atoms with Gasteiger partial charge in [0, 0.05) is 28.6 Å². The molecule has 0 bridgehead atoms. The SMILES string of the molecule is [C-]#[N+]c1sccc1-c1c(-c2cccc(-c3ccc(CN(C)C)cc3)c2)n(S(=O)(=O)c2ccc(C)cc2)c2ccc(F)cc12. The average molecular weight is 606 g/mol. The van der Waals surface area contributed by atoms with Crippen molar-refractivity contribution in [2.24, 2.45) is 0 Å². The van der Waals surface area contributed by atoms with E-state index in [-0.39, 0.29) is 4.90 Å². The molecule has 6 rings (SSSR count). The Morgan fingerprint density at radius 1 is 0.884 bits per heavy atom. The van der Waals surface area contributed by atoms with Crippen molar-refractivity contribution in [3.63, 3.8) is 0 Å². The molecule has 6 aromatic rings. The molecular weight excluding hydrogens is 578 g/mol. The first-order valence-electron chi connectivity index (χ1n) is 13.6. The normalized spacial score (nSPS) is 11.7. The van der Waals surface area contributed by atoms with Gasteiger partial charge in [0.25, 0.3) is 10.0 Å². The van der Waals surface area contributed by atoms with Crippen molar-refractivity contribution in [1.29, 1.82) is 0 Å². The summed E-state index contributed by atoms with van der Waals surface area (Å²) in [6.07, 6.45) is 0. The second-order valence-corrected chi connectivity index (χ2v) is 13.4. The largest absolute Gasteiger partial charge is 0.305 e. The van der Waals surface area contributed by atoms with Gasteiger partial charge >= 0.3 is 0 Å². The van der Waals surface area contributed by atoms with E-state index in [1.165, 1.54) is 39.1 Å². The highest BCUT2D eigenvalue weighted by Crippen LogP contribution is 2.48. The fourth-order valence-corrected chi connectivity index (χ4v) is 7.66. The lowest BCUT2D eigenvalue weighted by atomic mass is 9.96. The minimum absolute atomic E-state index is 0.121. The van der Waals surface area contributed by atoms with Gasteiger partial charge in [0.15, 0.2) is 0 Å². The summed E-state index contributed by atoms with van der Waals surface area (Å²) in [6, 6.07) is 28.6. The molecule has 0 spiro atoms. The molecule has 0 unspecified atom stereocenters. The standard InChI is InChI=1S/C35H28FN3O2S2/c1-23-8-15-29(16-9-23)43(40,41)39-32-17-14-28(36)21-31(32)33(30-18-19-42-35(30)37-2)34(39)27-7-5-6-26(20-27)25-12-10-24(11-13-25)22-38(3)4/h5-21H,22H2,1,3-4H3. The molecule has 0 N–H and O–H groups in total. The molecule has 5 nitrogen and oxygen atoms in total. The number of nitrogens with zero attached hydrogens (tertiary/aromatic N) is 3. The van der Waals surface area contributed by atoms with Crippen LogP contribution in [0.3, 0.4) is 0 Å². The Labute approximate surface area is 255 Å². The summed E-state index contributed by atoms with van der Waals surface area (Å²) in [5.41, 5.74) is 6.45. The maximum atomic E-state index is 14.8. The third kappa shape index (κ3) is 5.28. The van der Waals surface area contributed by atoms with Crippen LogP contribution in [0, 0.1) is 19.3 Å². The Balaban J connectivity index is 1.67. The Hall–Kier alpha value is -4.55. The van der Waals surface area contributed by atoms with Gasteiger partial charge < -0.3 is 4.90 Å². The van der Waals surface area contributed by atoms with E-state index < -0.39 is 15.8 Å². The molecule has 43 heavy (non-hydrogen) atoms. The Morgan fingerprint density at radius 2 is 1.60 bits per heavy atom. The van der Waals surface area contributed by atoms with Gasteiger partial charge in [0.05, 0.1) is 22.7 Å². The van der Waals surface area contributed by atoms with Gasteiger partial charge in [0.1, 0.15) is 5.82 Å². The Morgan fingerprint density at radius 3 is 2.30 bits per heavy atom. The highest BCUT2D eigenvalue weighted by molar-refractivity contribution is 7.90. The smallest absolute Gasteiger partial charge is 0.268 e. The third-order valence-corrected chi connectivity index (χ3v) is 9.92. The van der Waals surface area contributed by atoms with Gasteiger partial charge in [-0.25, -0.2) is 21.6 Å². The zero-order valence-electron chi connectivity index (χ0n) is 23.9. The first-order chi connectivity index (χ1) is 20.7. The van der Waals surface area contributed by atoms with Crippen molar-refractivity contribution >= 4 is 37.3 Å². The molecule has 0 fully saturated rings. The lowest BCUT2D eigenvalue weighted by molar-refractivity contribution is 0.402. The van der Waals surface area contributed by atoms with Crippen LogP contribution in [0.4, 0.5) is 9.39 Å². The quantitative estimate of drug-likeness (QED) is 0.171. The van der Waals surface area contributed by atoms with E-state index in [0.717, 1.165) is 23.2 Å². The first kappa shape index (κ1) is 28.6. The number of fused-ring (bicyclic) bond motifs is 1. The van der Waals surface area contributed by atoms with Gasteiger partial charge in [-0.2, -0.15) is 11.3 Å². The van der Waals surface area contributed by atoms with Crippen molar-refractivity contribution in [2.75, 3.05) is 14.1 Å². The fourth-order valence-electron chi connectivity index (χ4n) is 5.43. The van der Waals surface area contributed by atoms with Gasteiger partial charge in [-0.1, -0.05) is 66.2 Å². The lowest BCUT2D eigenvalue weighted by Crippen LogP contribution is -2.14. The molecule has 2 heterocycles. The molecule has 0 saturated carbocycles. The number of thiophene rings is 1. The van der Waals surface area contributed by atoms with Crippen LogP contribution in [0.5, 0.6) is 0 Å². The predicted molar refractivity (Wildman–Crippen MR) is 173 cm³/mol. The van der Waals surface area contributed by atoms with Crippen LogP contribution < -0.4 is 0 Å². The summed E-state index contributed by atoms with van der Waals surface area (Å²) in [4.78, 5) is 5.94. The minimum atomic E-state index is -4.14. The van der Waals surface area contributed by atoms with Crippen molar-refractivity contribution in [3.8, 4) is 33.5 Å². The second kappa shape index (κ2) is 11.3. The van der Waals surface area contributed by atoms with Crippen LogP contribution >= 0.6 is 11.3 Å². The second-order valence-electron chi connectivity index (χ2n) is 10.7. The fraction of sp³-hybridized carbons (Fsp3) is 0.114. The molecule has 0 saturated heterocycles. The molecule has 8 heteroatoms. The van der Waals surface area contributed by atoms with Crippen LogP contribution in [-0.4, -0.2) is 31.4 Å². The molecule has 0 aliphatic heterocycles. The third-order valence-electron chi connectivity index (χ3n) is 7.38. The zero-order chi connectivity index (χ0) is 30.3. The maximum Gasteiger partial charge on any atom is 0.268 e. The van der Waals surface area contributed by atoms with Crippen molar-refractivity contribution in [3.05, 3.63) is 131 Å². The number of aryl methyl sites for hydroxylation is 1.